The number of benzene rings is 1. The van der Waals surface area contributed by atoms with Crippen molar-refractivity contribution in [1.29, 1.82) is 0 Å². The molecule has 0 bridgehead atoms. The Morgan fingerprint density at radius 2 is 2.00 bits per heavy atom. The number of hydrogen-bond donors (Lipinski definition) is 3. The molecule has 3 N–H and O–H groups in total. The van der Waals surface area contributed by atoms with E-state index in [4.69, 9.17) is 9.72 Å². The third-order valence-electron chi connectivity index (χ3n) is 7.66. The number of rotatable bonds is 7. The maximum absolute atomic E-state index is 13.7. The molecule has 1 aromatic carbocycles. The second kappa shape index (κ2) is 10.4. The fraction of sp³-hybridized carbons (Fsp3) is 0.400. The van der Waals surface area contributed by atoms with Crippen LogP contribution in [0.15, 0.2) is 48.8 Å². The third kappa shape index (κ3) is 5.15. The van der Waals surface area contributed by atoms with E-state index in [9.17, 15) is 9.50 Å². The smallest absolute Gasteiger partial charge is 0.140 e. The van der Waals surface area contributed by atoms with Crippen molar-refractivity contribution >= 4 is 22.8 Å². The van der Waals surface area contributed by atoms with Crippen LogP contribution in [0, 0.1) is 5.82 Å². The van der Waals surface area contributed by atoms with Gasteiger partial charge in [0, 0.05) is 56.2 Å². The summed E-state index contributed by atoms with van der Waals surface area (Å²) in [5.74, 6) is 0.481. The third-order valence-corrected chi connectivity index (χ3v) is 7.66. The average molecular weight is 546 g/mol. The lowest BCUT2D eigenvalue weighted by Gasteiger charge is -2.40. The van der Waals surface area contributed by atoms with Gasteiger partial charge in [-0.15, -0.1) is 0 Å². The zero-order valence-electron chi connectivity index (χ0n) is 23.4. The number of ether oxygens (including phenoxy) is 1. The van der Waals surface area contributed by atoms with E-state index in [0.29, 0.717) is 25.3 Å². The second-order valence-electron chi connectivity index (χ2n) is 11.4. The molecule has 3 aromatic heterocycles. The van der Waals surface area contributed by atoms with E-state index in [1.807, 2.05) is 24.6 Å². The number of hydrogen-bond acceptors (Lipinski definition) is 8. The van der Waals surface area contributed by atoms with Gasteiger partial charge in [0.1, 0.15) is 23.4 Å². The Morgan fingerprint density at radius 3 is 2.80 bits per heavy atom. The van der Waals surface area contributed by atoms with Gasteiger partial charge in [0.2, 0.25) is 0 Å². The number of imidazole rings is 1. The molecule has 0 radical (unpaired) electrons. The minimum Gasteiger partial charge on any atom is -0.388 e. The number of morpholine rings is 1. The minimum absolute atomic E-state index is 0.271. The Kier molecular flexibility index (Phi) is 6.95. The number of anilines is 3. The molecule has 0 amide bonds. The monoisotopic (exact) mass is 545 g/mol. The van der Waals surface area contributed by atoms with Crippen LogP contribution in [-0.2, 0) is 24.4 Å². The first-order chi connectivity index (χ1) is 19.2. The lowest BCUT2D eigenvalue weighted by atomic mass is 9.99. The van der Waals surface area contributed by atoms with Crippen molar-refractivity contribution in [2.24, 2.45) is 0 Å². The molecule has 210 valence electrons. The van der Waals surface area contributed by atoms with Crippen molar-refractivity contribution in [1.82, 2.24) is 24.6 Å². The maximum Gasteiger partial charge on any atom is 0.140 e. The van der Waals surface area contributed by atoms with Crippen LogP contribution in [0.5, 0.6) is 0 Å². The van der Waals surface area contributed by atoms with Gasteiger partial charge in [-0.2, -0.15) is 0 Å². The number of aromatic nitrogens is 3. The Labute approximate surface area is 233 Å². The number of aliphatic hydroxyl groups is 1. The molecule has 0 unspecified atom stereocenters. The summed E-state index contributed by atoms with van der Waals surface area (Å²) in [5, 5.41) is 17.6. The predicted molar refractivity (Wildman–Crippen MR) is 154 cm³/mol. The first-order valence-corrected chi connectivity index (χ1v) is 13.7. The quantitative estimate of drug-likeness (QED) is 0.322. The molecule has 0 saturated carbocycles. The second-order valence-corrected chi connectivity index (χ2v) is 11.4. The van der Waals surface area contributed by atoms with Gasteiger partial charge in [-0.05, 0) is 63.3 Å². The average Bonchev–Trinajstić information content (AvgIpc) is 3.56. The summed E-state index contributed by atoms with van der Waals surface area (Å²) in [6.07, 6.45) is 3.26. The number of halogens is 1. The predicted octanol–water partition coefficient (Wildman–Crippen LogP) is 3.92. The number of pyridine rings is 2. The standard InChI is InChI=1S/C30H36FN7O2/c1-30(2,39)27-18-37(11-12-40-27)25-7-8-28(35-24(25)17-36(3)4)34-23-6-5-20(21-14-32-15-22(21)23)26-16-33-29-13-19(31)9-10-38(26)29/h5-10,13,16,27,32,39H,11-12,14-15,17-18H2,1-4H3,(H,34,35)/t27-/m1/s1. The van der Waals surface area contributed by atoms with Crippen LogP contribution < -0.4 is 15.5 Å². The van der Waals surface area contributed by atoms with Gasteiger partial charge < -0.3 is 30.3 Å². The molecule has 40 heavy (non-hydrogen) atoms. The molecule has 2 aliphatic heterocycles. The van der Waals surface area contributed by atoms with E-state index >= 15 is 0 Å². The van der Waals surface area contributed by atoms with Gasteiger partial charge in [0.25, 0.3) is 0 Å². The summed E-state index contributed by atoms with van der Waals surface area (Å²) in [7, 11) is 4.08. The van der Waals surface area contributed by atoms with E-state index in [1.165, 1.54) is 23.3 Å². The molecule has 10 heteroatoms. The van der Waals surface area contributed by atoms with Crippen LogP contribution in [0.2, 0.25) is 0 Å². The van der Waals surface area contributed by atoms with E-state index in [2.05, 4.69) is 43.6 Å². The van der Waals surface area contributed by atoms with Gasteiger partial charge in [0.05, 0.1) is 35.5 Å². The van der Waals surface area contributed by atoms with Crippen LogP contribution >= 0.6 is 0 Å². The minimum atomic E-state index is -0.921. The van der Waals surface area contributed by atoms with Gasteiger partial charge in [-0.25, -0.2) is 14.4 Å². The zero-order valence-corrected chi connectivity index (χ0v) is 23.4. The van der Waals surface area contributed by atoms with Gasteiger partial charge in [0.15, 0.2) is 0 Å². The Hall–Kier alpha value is -3.57. The van der Waals surface area contributed by atoms with Crippen molar-refractivity contribution in [2.75, 3.05) is 44.0 Å². The van der Waals surface area contributed by atoms with Crippen LogP contribution in [0.25, 0.3) is 16.9 Å². The number of fused-ring (bicyclic) bond motifs is 2. The summed E-state index contributed by atoms with van der Waals surface area (Å²) in [6, 6.07) is 11.2. The fourth-order valence-electron chi connectivity index (χ4n) is 5.62. The number of nitrogens with one attached hydrogen (secondary N) is 2. The SMILES string of the molecule is CN(C)Cc1nc(Nc2ccc(-c3cnc4cc(F)ccn34)c3c2CNC3)ccc1N1CCO[C@@H](C(C)(C)O)C1. The zero-order chi connectivity index (χ0) is 28.0. The summed E-state index contributed by atoms with van der Waals surface area (Å²) in [5.41, 5.74) is 7.11. The van der Waals surface area contributed by atoms with Crippen LogP contribution in [-0.4, -0.2) is 69.9 Å². The highest BCUT2D eigenvalue weighted by Crippen LogP contribution is 2.36. The first-order valence-electron chi connectivity index (χ1n) is 13.7. The molecule has 0 spiro atoms. The molecule has 0 aliphatic carbocycles. The summed E-state index contributed by atoms with van der Waals surface area (Å²) >= 11 is 0. The molecular formula is C30H36FN7O2. The molecule has 4 aromatic rings. The maximum atomic E-state index is 13.7. The lowest BCUT2D eigenvalue weighted by Crippen LogP contribution is -2.52. The van der Waals surface area contributed by atoms with E-state index < -0.39 is 5.60 Å². The van der Waals surface area contributed by atoms with E-state index in [0.717, 1.165) is 53.8 Å². The van der Waals surface area contributed by atoms with Gasteiger partial charge in [-0.3, -0.25) is 4.40 Å². The normalized spacial score (nSPS) is 17.6. The molecule has 1 saturated heterocycles. The highest BCUT2D eigenvalue weighted by atomic mass is 19.1. The molecule has 1 fully saturated rings. The Bertz CT molecular complexity index is 1550. The molecular weight excluding hydrogens is 509 g/mol. The van der Waals surface area contributed by atoms with Crippen molar-refractivity contribution < 1.29 is 14.2 Å². The summed E-state index contributed by atoms with van der Waals surface area (Å²) in [6.45, 7) is 7.67. The highest BCUT2D eigenvalue weighted by Gasteiger charge is 2.33. The van der Waals surface area contributed by atoms with Crippen LogP contribution in [0.4, 0.5) is 21.6 Å². The Balaban J connectivity index is 1.31. The van der Waals surface area contributed by atoms with Crippen molar-refractivity contribution in [3.63, 3.8) is 0 Å². The van der Waals surface area contributed by atoms with E-state index in [1.54, 1.807) is 26.2 Å². The van der Waals surface area contributed by atoms with E-state index in [-0.39, 0.29) is 11.9 Å². The van der Waals surface area contributed by atoms with Gasteiger partial charge in [-0.1, -0.05) is 6.07 Å². The number of nitrogens with zero attached hydrogens (tertiary/aromatic N) is 5. The topological polar surface area (TPSA) is 90.2 Å². The molecule has 9 nitrogen and oxygen atoms in total. The van der Waals surface area contributed by atoms with Crippen molar-refractivity contribution in [3.8, 4) is 11.3 Å². The summed E-state index contributed by atoms with van der Waals surface area (Å²) in [4.78, 5) is 13.8. The fourth-order valence-corrected chi connectivity index (χ4v) is 5.62. The first kappa shape index (κ1) is 26.6. The van der Waals surface area contributed by atoms with Crippen LogP contribution in [0.1, 0.15) is 30.7 Å². The lowest BCUT2D eigenvalue weighted by molar-refractivity contribution is -0.0928. The van der Waals surface area contributed by atoms with Crippen molar-refractivity contribution in [2.45, 2.75) is 45.2 Å². The van der Waals surface area contributed by atoms with Crippen molar-refractivity contribution in [3.05, 3.63) is 71.4 Å². The molecule has 1 atom stereocenters. The molecule has 6 rings (SSSR count). The summed E-state index contributed by atoms with van der Waals surface area (Å²) < 4.78 is 21.5. The highest BCUT2D eigenvalue weighted by molar-refractivity contribution is 5.76. The largest absolute Gasteiger partial charge is 0.388 e. The van der Waals surface area contributed by atoms with Crippen LogP contribution in [0.3, 0.4) is 0 Å². The Morgan fingerprint density at radius 1 is 1.18 bits per heavy atom. The molecule has 2 aliphatic rings. The molecule has 5 heterocycles. The van der Waals surface area contributed by atoms with Gasteiger partial charge >= 0.3 is 0 Å².